The highest BCUT2D eigenvalue weighted by molar-refractivity contribution is 7.09. The van der Waals surface area contributed by atoms with Crippen LogP contribution in [0.2, 0.25) is 0 Å². The van der Waals surface area contributed by atoms with E-state index >= 15 is 0 Å². The van der Waals surface area contributed by atoms with E-state index in [1.165, 1.54) is 17.0 Å². The van der Waals surface area contributed by atoms with E-state index in [1.54, 1.807) is 5.38 Å². The van der Waals surface area contributed by atoms with Crippen LogP contribution in [-0.2, 0) is 6.54 Å². The Morgan fingerprint density at radius 3 is 2.72 bits per heavy atom. The van der Waals surface area contributed by atoms with Gasteiger partial charge in [0.15, 0.2) is 0 Å². The molecule has 2 heterocycles. The van der Waals surface area contributed by atoms with Gasteiger partial charge < -0.3 is 15.5 Å². The molecule has 0 saturated carbocycles. The van der Waals surface area contributed by atoms with Gasteiger partial charge >= 0.3 is 0 Å². The highest BCUT2D eigenvalue weighted by atomic mass is 35.5. The molecule has 1 aliphatic heterocycles. The van der Waals surface area contributed by atoms with Crippen molar-refractivity contribution in [2.45, 2.75) is 25.4 Å². The van der Waals surface area contributed by atoms with Gasteiger partial charge in [-0.1, -0.05) is 18.2 Å². The zero-order valence-electron chi connectivity index (χ0n) is 14.1. The van der Waals surface area contributed by atoms with E-state index in [-0.39, 0.29) is 36.8 Å². The second kappa shape index (κ2) is 9.97. The number of nitrogens with zero attached hydrogens (tertiary/aromatic N) is 3. The van der Waals surface area contributed by atoms with E-state index in [2.05, 4.69) is 34.1 Å². The van der Waals surface area contributed by atoms with E-state index in [0.717, 1.165) is 30.9 Å². The Morgan fingerprint density at radius 1 is 1.36 bits per heavy atom. The molecule has 1 amide bonds. The molecule has 1 aliphatic rings. The summed E-state index contributed by atoms with van der Waals surface area (Å²) in [5.41, 5.74) is 7.31. The maximum atomic E-state index is 12.6. The molecule has 8 heteroatoms. The lowest BCUT2D eigenvalue weighted by molar-refractivity contribution is 0.0712. The minimum atomic E-state index is -0.0131. The summed E-state index contributed by atoms with van der Waals surface area (Å²) >= 11 is 1.45. The Balaban J connectivity index is 0.00000156. The maximum absolute atomic E-state index is 12.6. The van der Waals surface area contributed by atoms with Crippen molar-refractivity contribution in [2.75, 3.05) is 25.0 Å². The Hall–Kier alpha value is -1.34. The van der Waals surface area contributed by atoms with Crippen molar-refractivity contribution in [3.05, 3.63) is 46.4 Å². The molecule has 1 saturated heterocycles. The van der Waals surface area contributed by atoms with Crippen LogP contribution in [0, 0.1) is 0 Å². The zero-order valence-corrected chi connectivity index (χ0v) is 16.6. The number of piperidine rings is 1. The number of hydrogen-bond acceptors (Lipinski definition) is 5. The van der Waals surface area contributed by atoms with Gasteiger partial charge in [-0.25, -0.2) is 4.98 Å². The molecule has 2 N–H and O–H groups in total. The summed E-state index contributed by atoms with van der Waals surface area (Å²) < 4.78 is 0. The topological polar surface area (TPSA) is 62.5 Å². The van der Waals surface area contributed by atoms with Gasteiger partial charge in [-0.05, 0) is 25.0 Å². The third-order valence-electron chi connectivity index (χ3n) is 4.33. The van der Waals surface area contributed by atoms with Gasteiger partial charge in [0.1, 0.15) is 10.7 Å². The van der Waals surface area contributed by atoms with Crippen LogP contribution in [0.5, 0.6) is 0 Å². The molecular formula is C17H24Cl2N4OS. The van der Waals surface area contributed by atoms with Crippen molar-refractivity contribution in [1.29, 1.82) is 0 Å². The van der Waals surface area contributed by atoms with Crippen LogP contribution in [0.3, 0.4) is 0 Å². The fourth-order valence-corrected chi connectivity index (χ4v) is 3.64. The van der Waals surface area contributed by atoms with E-state index < -0.39 is 0 Å². The number of carbonyl (C=O) groups is 1. The van der Waals surface area contributed by atoms with Gasteiger partial charge in [-0.15, -0.1) is 36.2 Å². The monoisotopic (exact) mass is 402 g/mol. The van der Waals surface area contributed by atoms with Crippen molar-refractivity contribution in [1.82, 2.24) is 9.88 Å². The van der Waals surface area contributed by atoms with Crippen LogP contribution in [0.1, 0.15) is 28.3 Å². The average Bonchev–Trinajstić information content (AvgIpc) is 3.10. The quantitative estimate of drug-likeness (QED) is 0.852. The Labute approximate surface area is 165 Å². The highest BCUT2D eigenvalue weighted by Gasteiger charge is 2.27. The number of benzene rings is 1. The van der Waals surface area contributed by atoms with Crippen LogP contribution in [-0.4, -0.2) is 42.0 Å². The summed E-state index contributed by atoms with van der Waals surface area (Å²) in [7, 11) is 1.88. The largest absolute Gasteiger partial charge is 0.369 e. The molecule has 25 heavy (non-hydrogen) atoms. The summed E-state index contributed by atoms with van der Waals surface area (Å²) in [6.07, 6.45) is 2.11. The molecule has 0 aliphatic carbocycles. The summed E-state index contributed by atoms with van der Waals surface area (Å²) in [5.74, 6) is -0.0131. The van der Waals surface area contributed by atoms with Crippen molar-refractivity contribution >= 4 is 47.7 Å². The van der Waals surface area contributed by atoms with E-state index in [1.807, 2.05) is 18.0 Å². The Morgan fingerprint density at radius 2 is 2.08 bits per heavy atom. The highest BCUT2D eigenvalue weighted by Crippen LogP contribution is 2.23. The first-order valence-corrected chi connectivity index (χ1v) is 8.78. The van der Waals surface area contributed by atoms with Gasteiger partial charge in [0.25, 0.3) is 5.91 Å². The summed E-state index contributed by atoms with van der Waals surface area (Å²) in [5, 5.41) is 2.61. The lowest BCUT2D eigenvalue weighted by atomic mass is 10.0. The lowest BCUT2D eigenvalue weighted by Crippen LogP contribution is -2.48. The number of carbonyl (C=O) groups excluding carboxylic acids is 1. The number of hydrogen-bond donors (Lipinski definition) is 1. The molecule has 1 fully saturated rings. The Bertz CT molecular complexity index is 668. The molecule has 0 radical (unpaired) electrons. The van der Waals surface area contributed by atoms with Gasteiger partial charge in [-0.3, -0.25) is 4.79 Å². The number of anilines is 1. The molecule has 3 rings (SSSR count). The molecular weight excluding hydrogens is 379 g/mol. The fraction of sp³-hybridized carbons (Fsp3) is 0.412. The first kappa shape index (κ1) is 21.7. The Kier molecular flexibility index (Phi) is 8.65. The second-order valence-corrected chi connectivity index (χ2v) is 6.77. The van der Waals surface area contributed by atoms with Crippen molar-refractivity contribution in [3.63, 3.8) is 0 Å². The number of amides is 1. The van der Waals surface area contributed by atoms with E-state index in [0.29, 0.717) is 12.2 Å². The molecule has 0 spiro atoms. The first-order valence-electron chi connectivity index (χ1n) is 7.90. The minimum Gasteiger partial charge on any atom is -0.369 e. The fourth-order valence-electron chi connectivity index (χ4n) is 2.99. The molecule has 1 aromatic carbocycles. The minimum absolute atomic E-state index is 0. The number of para-hydroxylation sites is 1. The normalized spacial score (nSPS) is 16.6. The zero-order chi connectivity index (χ0) is 16.2. The van der Waals surface area contributed by atoms with Crippen LogP contribution >= 0.6 is 36.2 Å². The predicted molar refractivity (Wildman–Crippen MR) is 108 cm³/mol. The molecule has 0 bridgehead atoms. The number of thiazole rings is 1. The average molecular weight is 403 g/mol. The number of rotatable bonds is 4. The summed E-state index contributed by atoms with van der Waals surface area (Å²) in [6, 6.07) is 10.6. The van der Waals surface area contributed by atoms with E-state index in [4.69, 9.17) is 5.73 Å². The molecule has 1 aromatic heterocycles. The number of nitrogens with two attached hydrogens (primary N) is 1. The molecule has 1 atom stereocenters. The van der Waals surface area contributed by atoms with Gasteiger partial charge in [0.2, 0.25) is 0 Å². The third kappa shape index (κ3) is 5.07. The summed E-state index contributed by atoms with van der Waals surface area (Å²) in [6.45, 7) is 2.28. The van der Waals surface area contributed by atoms with Crippen molar-refractivity contribution < 1.29 is 4.79 Å². The van der Waals surface area contributed by atoms with E-state index in [9.17, 15) is 4.79 Å². The predicted octanol–water partition coefficient (Wildman–Crippen LogP) is 3.19. The smallest absolute Gasteiger partial charge is 0.273 e. The SMILES string of the molecule is CN(C(=O)c1csc(CN)n1)C1CCCN(c2ccccc2)C1.Cl.Cl. The molecule has 5 nitrogen and oxygen atoms in total. The number of likely N-dealkylation sites (N-methyl/N-ethyl adjacent to an activating group) is 1. The van der Waals surface area contributed by atoms with Crippen molar-refractivity contribution in [2.24, 2.45) is 5.73 Å². The summed E-state index contributed by atoms with van der Waals surface area (Å²) in [4.78, 5) is 21.1. The first-order chi connectivity index (χ1) is 11.2. The van der Waals surface area contributed by atoms with Gasteiger partial charge in [0, 0.05) is 43.8 Å². The lowest BCUT2D eigenvalue weighted by Gasteiger charge is -2.38. The van der Waals surface area contributed by atoms with Gasteiger partial charge in [-0.2, -0.15) is 0 Å². The van der Waals surface area contributed by atoms with Gasteiger partial charge in [0.05, 0.1) is 0 Å². The molecule has 1 unspecified atom stereocenters. The van der Waals surface area contributed by atoms with Crippen molar-refractivity contribution in [3.8, 4) is 0 Å². The number of halogens is 2. The van der Waals surface area contributed by atoms with Crippen LogP contribution in [0.25, 0.3) is 0 Å². The maximum Gasteiger partial charge on any atom is 0.273 e. The molecule has 138 valence electrons. The standard InChI is InChI=1S/C17H22N4OS.2ClH/c1-20(17(22)15-12-23-16(10-18)19-15)14-8-5-9-21(11-14)13-6-3-2-4-7-13;;/h2-4,6-7,12,14H,5,8-11,18H2,1H3;2*1H. The second-order valence-electron chi connectivity index (χ2n) is 5.82. The number of aromatic nitrogens is 1. The third-order valence-corrected chi connectivity index (χ3v) is 5.20. The van der Waals surface area contributed by atoms with Crippen LogP contribution < -0.4 is 10.6 Å². The van der Waals surface area contributed by atoms with Crippen LogP contribution in [0.4, 0.5) is 5.69 Å². The molecule has 2 aromatic rings. The van der Waals surface area contributed by atoms with Crippen LogP contribution in [0.15, 0.2) is 35.7 Å².